The number of nitrogens with one attached hydrogen (secondary N) is 1. The van der Waals surface area contributed by atoms with Gasteiger partial charge >= 0.3 is 0 Å². The molecule has 5 rings (SSSR count). The quantitative estimate of drug-likeness (QED) is 0.351. The normalized spacial score (nSPS) is 17.4. The van der Waals surface area contributed by atoms with E-state index >= 15 is 0 Å². The molecule has 0 aliphatic carbocycles. The van der Waals surface area contributed by atoms with Crippen molar-refractivity contribution in [1.82, 2.24) is 9.62 Å². The van der Waals surface area contributed by atoms with Gasteiger partial charge in [-0.25, -0.2) is 16.8 Å². The lowest BCUT2D eigenvalue weighted by Crippen LogP contribution is -2.51. The molecule has 1 unspecified atom stereocenters. The molecule has 0 radical (unpaired) electrons. The molecule has 3 aromatic carbocycles. The van der Waals surface area contributed by atoms with E-state index in [2.05, 4.69) is 5.32 Å². The van der Waals surface area contributed by atoms with Crippen LogP contribution in [0.1, 0.15) is 12.8 Å². The van der Waals surface area contributed by atoms with E-state index < -0.39 is 32.1 Å². The molecule has 41 heavy (non-hydrogen) atoms. The number of para-hydroxylation sites is 2. The van der Waals surface area contributed by atoms with Crippen molar-refractivity contribution in [3.8, 4) is 17.2 Å². The van der Waals surface area contributed by atoms with Crippen LogP contribution >= 0.6 is 0 Å². The van der Waals surface area contributed by atoms with Gasteiger partial charge < -0.3 is 19.5 Å². The Kier molecular flexibility index (Phi) is 8.38. The van der Waals surface area contributed by atoms with Gasteiger partial charge in [0.15, 0.2) is 6.10 Å². The standard InChI is InChI=1S/C28H31N3O8S2/c1-37-21-8-12-24(13-9-21)41(35,36)31-20-27(39-26-7-3-2-6-25(26)31)28(32)29-16-19-38-22-10-14-23(15-11-22)40(33,34)30-17-4-5-18-30/h2-3,6-15,27H,4-5,16-20H2,1H3,(H,29,32). The number of hydrogen-bond donors (Lipinski definition) is 1. The molecule has 0 bridgehead atoms. The summed E-state index contributed by atoms with van der Waals surface area (Å²) >= 11 is 0. The Morgan fingerprint density at radius 1 is 0.878 bits per heavy atom. The van der Waals surface area contributed by atoms with Crippen molar-refractivity contribution in [2.45, 2.75) is 28.7 Å². The zero-order valence-electron chi connectivity index (χ0n) is 22.4. The fourth-order valence-corrected chi connectivity index (χ4v) is 7.68. The van der Waals surface area contributed by atoms with E-state index in [-0.39, 0.29) is 35.2 Å². The van der Waals surface area contributed by atoms with Crippen LogP contribution in [0.25, 0.3) is 0 Å². The van der Waals surface area contributed by atoms with Crippen molar-refractivity contribution in [1.29, 1.82) is 0 Å². The topological polar surface area (TPSA) is 132 Å². The smallest absolute Gasteiger partial charge is 0.264 e. The predicted octanol–water partition coefficient (Wildman–Crippen LogP) is 2.63. The van der Waals surface area contributed by atoms with E-state index in [1.54, 1.807) is 48.5 Å². The highest BCUT2D eigenvalue weighted by molar-refractivity contribution is 7.92. The van der Waals surface area contributed by atoms with E-state index in [9.17, 15) is 21.6 Å². The predicted molar refractivity (Wildman–Crippen MR) is 151 cm³/mol. The van der Waals surface area contributed by atoms with Gasteiger partial charge in [-0.15, -0.1) is 0 Å². The van der Waals surface area contributed by atoms with E-state index in [0.717, 1.165) is 12.8 Å². The third kappa shape index (κ3) is 6.11. The number of nitrogens with zero attached hydrogens (tertiary/aromatic N) is 2. The molecule has 1 saturated heterocycles. The van der Waals surface area contributed by atoms with Crippen molar-refractivity contribution in [2.75, 3.05) is 44.2 Å². The number of carbonyl (C=O) groups excluding carboxylic acids is 1. The lowest BCUT2D eigenvalue weighted by molar-refractivity contribution is -0.127. The van der Waals surface area contributed by atoms with E-state index in [1.807, 2.05) is 0 Å². The summed E-state index contributed by atoms with van der Waals surface area (Å²) in [6.45, 7) is 1.08. The zero-order chi connectivity index (χ0) is 29.0. The van der Waals surface area contributed by atoms with Crippen LogP contribution in [-0.4, -0.2) is 73.0 Å². The number of anilines is 1. The number of rotatable bonds is 10. The van der Waals surface area contributed by atoms with Crippen molar-refractivity contribution in [2.24, 2.45) is 0 Å². The van der Waals surface area contributed by atoms with Crippen molar-refractivity contribution >= 4 is 31.6 Å². The van der Waals surface area contributed by atoms with Crippen molar-refractivity contribution in [3.05, 3.63) is 72.8 Å². The molecule has 1 fully saturated rings. The van der Waals surface area contributed by atoms with Gasteiger partial charge in [-0.1, -0.05) is 12.1 Å². The molecular weight excluding hydrogens is 570 g/mol. The van der Waals surface area contributed by atoms with Crippen LogP contribution in [0.3, 0.4) is 0 Å². The first kappa shape index (κ1) is 28.7. The van der Waals surface area contributed by atoms with E-state index in [4.69, 9.17) is 14.2 Å². The maximum atomic E-state index is 13.5. The first-order valence-electron chi connectivity index (χ1n) is 13.1. The molecule has 13 heteroatoms. The van der Waals surface area contributed by atoms with Crippen LogP contribution in [0, 0.1) is 0 Å². The summed E-state index contributed by atoms with van der Waals surface area (Å²) in [4.78, 5) is 13.3. The van der Waals surface area contributed by atoms with Crippen LogP contribution < -0.4 is 23.8 Å². The molecule has 1 N–H and O–H groups in total. The summed E-state index contributed by atoms with van der Waals surface area (Å²) in [7, 11) is -6.01. The summed E-state index contributed by atoms with van der Waals surface area (Å²) in [6.07, 6.45) is 0.635. The maximum Gasteiger partial charge on any atom is 0.264 e. The lowest BCUT2D eigenvalue weighted by Gasteiger charge is -2.34. The van der Waals surface area contributed by atoms with Crippen LogP contribution in [0.5, 0.6) is 17.2 Å². The third-order valence-electron chi connectivity index (χ3n) is 6.87. The Bertz CT molecular complexity index is 1590. The van der Waals surface area contributed by atoms with Crippen LogP contribution in [-0.2, 0) is 24.8 Å². The fraction of sp³-hybridized carbons (Fsp3) is 0.321. The minimum atomic E-state index is -4.00. The van der Waals surface area contributed by atoms with Crippen LogP contribution in [0.2, 0.25) is 0 Å². The van der Waals surface area contributed by atoms with E-state index in [0.29, 0.717) is 30.3 Å². The average Bonchev–Trinajstić information content (AvgIpc) is 3.55. The molecule has 2 aliphatic heterocycles. The molecule has 2 heterocycles. The summed E-state index contributed by atoms with van der Waals surface area (Å²) < 4.78 is 71.7. The Hall–Kier alpha value is -3.81. The number of fused-ring (bicyclic) bond motifs is 1. The van der Waals surface area contributed by atoms with Crippen molar-refractivity contribution < 1.29 is 35.8 Å². The number of methoxy groups -OCH3 is 1. The largest absolute Gasteiger partial charge is 0.497 e. The Morgan fingerprint density at radius 3 is 2.15 bits per heavy atom. The molecule has 0 saturated carbocycles. The van der Waals surface area contributed by atoms with Crippen LogP contribution in [0.4, 0.5) is 5.69 Å². The van der Waals surface area contributed by atoms with Gasteiger partial charge in [0, 0.05) is 13.1 Å². The highest BCUT2D eigenvalue weighted by Gasteiger charge is 2.37. The molecule has 1 amide bonds. The number of benzene rings is 3. The summed E-state index contributed by atoms with van der Waals surface area (Å²) in [5, 5.41) is 2.72. The Balaban J connectivity index is 1.19. The summed E-state index contributed by atoms with van der Waals surface area (Å²) in [5.41, 5.74) is 0.339. The fourth-order valence-electron chi connectivity index (χ4n) is 4.68. The summed E-state index contributed by atoms with van der Waals surface area (Å²) in [6, 6.07) is 18.8. The second-order valence-electron chi connectivity index (χ2n) is 9.51. The molecule has 0 spiro atoms. The number of carbonyl (C=O) groups is 1. The number of hydrogen-bond acceptors (Lipinski definition) is 8. The zero-order valence-corrected chi connectivity index (χ0v) is 24.1. The highest BCUT2D eigenvalue weighted by Crippen LogP contribution is 2.37. The van der Waals surface area contributed by atoms with Crippen LogP contribution in [0.15, 0.2) is 82.6 Å². The molecule has 3 aromatic rings. The van der Waals surface area contributed by atoms with Crippen molar-refractivity contribution in [3.63, 3.8) is 0 Å². The maximum absolute atomic E-state index is 13.5. The second-order valence-corrected chi connectivity index (χ2v) is 13.3. The average molecular weight is 602 g/mol. The van der Waals surface area contributed by atoms with Gasteiger partial charge in [-0.2, -0.15) is 4.31 Å². The molecule has 218 valence electrons. The molecule has 2 aliphatic rings. The monoisotopic (exact) mass is 601 g/mol. The molecule has 11 nitrogen and oxygen atoms in total. The Labute approximate surface area is 239 Å². The summed E-state index contributed by atoms with van der Waals surface area (Å²) in [5.74, 6) is 0.759. The van der Waals surface area contributed by atoms with Gasteiger partial charge in [0.1, 0.15) is 23.9 Å². The third-order valence-corrected chi connectivity index (χ3v) is 10.6. The van der Waals surface area contributed by atoms with E-state index in [1.165, 1.54) is 40.0 Å². The van der Waals surface area contributed by atoms with Gasteiger partial charge in [-0.3, -0.25) is 9.10 Å². The van der Waals surface area contributed by atoms with Gasteiger partial charge in [0.25, 0.3) is 15.9 Å². The molecular formula is C28H31N3O8S2. The first-order valence-corrected chi connectivity index (χ1v) is 16.0. The number of ether oxygens (including phenoxy) is 3. The molecule has 0 aromatic heterocycles. The lowest BCUT2D eigenvalue weighted by atomic mass is 10.2. The minimum absolute atomic E-state index is 0.0572. The second kappa shape index (κ2) is 12.0. The number of amides is 1. The van der Waals surface area contributed by atoms with Gasteiger partial charge in [0.05, 0.1) is 35.7 Å². The number of sulfonamides is 2. The Morgan fingerprint density at radius 2 is 1.49 bits per heavy atom. The first-order chi connectivity index (χ1) is 19.7. The SMILES string of the molecule is COc1ccc(S(=O)(=O)N2CC(C(=O)NCCOc3ccc(S(=O)(=O)N4CCCC4)cc3)Oc3ccccc32)cc1. The minimum Gasteiger partial charge on any atom is -0.497 e. The van der Waals surface area contributed by atoms with Gasteiger partial charge in [-0.05, 0) is 73.5 Å². The molecule has 1 atom stereocenters. The van der Waals surface area contributed by atoms with Gasteiger partial charge in [0.2, 0.25) is 10.0 Å². The highest BCUT2D eigenvalue weighted by atomic mass is 32.2.